The Balaban J connectivity index is 2.70. The van der Waals surface area contributed by atoms with Gasteiger partial charge in [-0.2, -0.15) is 13.2 Å². The first kappa shape index (κ1) is 17.2. The molecule has 6 heteroatoms. The Morgan fingerprint density at radius 2 is 2.00 bits per heavy atom. The van der Waals surface area contributed by atoms with Crippen molar-refractivity contribution < 1.29 is 17.6 Å². The number of hydrogen-bond acceptors (Lipinski definition) is 1. The van der Waals surface area contributed by atoms with Crippen molar-refractivity contribution in [3.05, 3.63) is 34.6 Å². The van der Waals surface area contributed by atoms with E-state index in [0.717, 1.165) is 6.42 Å². The molecule has 0 radical (unpaired) electrons. The van der Waals surface area contributed by atoms with Crippen molar-refractivity contribution in [3.63, 3.8) is 0 Å². The van der Waals surface area contributed by atoms with Crippen molar-refractivity contribution in [1.29, 1.82) is 0 Å². The van der Waals surface area contributed by atoms with Crippen LogP contribution >= 0.6 is 11.6 Å². The molecular weight excluding hydrogens is 294 g/mol. The van der Waals surface area contributed by atoms with Crippen LogP contribution in [0.4, 0.5) is 17.6 Å². The molecular formula is C14H18ClF4N. The molecule has 0 saturated carbocycles. The minimum atomic E-state index is -4.20. The fraction of sp³-hybridized carbons (Fsp3) is 0.571. The number of alkyl halides is 3. The summed E-state index contributed by atoms with van der Waals surface area (Å²) < 4.78 is 50.5. The zero-order valence-corrected chi connectivity index (χ0v) is 12.0. The highest BCUT2D eigenvalue weighted by Crippen LogP contribution is 2.24. The first-order chi connectivity index (χ1) is 9.31. The molecule has 1 aromatic rings. The van der Waals surface area contributed by atoms with Gasteiger partial charge in [0.1, 0.15) is 5.82 Å². The number of halogens is 5. The van der Waals surface area contributed by atoms with Crippen LogP contribution < -0.4 is 5.32 Å². The third kappa shape index (κ3) is 6.57. The van der Waals surface area contributed by atoms with Crippen molar-refractivity contribution in [1.82, 2.24) is 5.32 Å². The predicted octanol–water partition coefficient (Wildman–Crippen LogP) is 4.73. The maximum absolute atomic E-state index is 13.6. The van der Waals surface area contributed by atoms with E-state index in [0.29, 0.717) is 17.1 Å². The quantitative estimate of drug-likeness (QED) is 0.718. The molecule has 0 spiro atoms. The molecule has 20 heavy (non-hydrogen) atoms. The summed E-state index contributed by atoms with van der Waals surface area (Å²) in [6.45, 7) is 2.53. The molecule has 1 N–H and O–H groups in total. The molecule has 0 aliphatic heterocycles. The maximum atomic E-state index is 13.6. The van der Waals surface area contributed by atoms with E-state index in [9.17, 15) is 17.6 Å². The van der Waals surface area contributed by atoms with E-state index in [1.807, 2.05) is 6.92 Å². The molecule has 1 atom stereocenters. The third-order valence-corrected chi connectivity index (χ3v) is 3.17. The van der Waals surface area contributed by atoms with Crippen LogP contribution in [0.25, 0.3) is 0 Å². The summed E-state index contributed by atoms with van der Waals surface area (Å²) in [5, 5.41) is 3.41. The van der Waals surface area contributed by atoms with Crippen LogP contribution in [0.1, 0.15) is 31.7 Å². The van der Waals surface area contributed by atoms with Crippen molar-refractivity contribution in [2.75, 3.05) is 6.54 Å². The minimum Gasteiger partial charge on any atom is -0.314 e. The third-order valence-electron chi connectivity index (χ3n) is 2.93. The predicted molar refractivity (Wildman–Crippen MR) is 72.5 cm³/mol. The lowest BCUT2D eigenvalue weighted by Crippen LogP contribution is -2.33. The Kier molecular flexibility index (Phi) is 6.76. The smallest absolute Gasteiger partial charge is 0.314 e. The topological polar surface area (TPSA) is 12.0 Å². The summed E-state index contributed by atoms with van der Waals surface area (Å²) in [6.07, 6.45) is -4.14. The fourth-order valence-corrected chi connectivity index (χ4v) is 2.12. The maximum Gasteiger partial charge on any atom is 0.389 e. The minimum absolute atomic E-state index is 0.0740. The van der Waals surface area contributed by atoms with Gasteiger partial charge in [-0.3, -0.25) is 0 Å². The average molecular weight is 312 g/mol. The first-order valence-electron chi connectivity index (χ1n) is 6.56. The van der Waals surface area contributed by atoms with Crippen LogP contribution in [0.2, 0.25) is 5.02 Å². The summed E-state index contributed by atoms with van der Waals surface area (Å²) in [5.41, 5.74) is 0.341. The molecule has 0 amide bonds. The van der Waals surface area contributed by atoms with Crippen molar-refractivity contribution in [2.45, 2.75) is 44.8 Å². The largest absolute Gasteiger partial charge is 0.389 e. The summed E-state index contributed by atoms with van der Waals surface area (Å²) in [6, 6.07) is 3.71. The second-order valence-corrected chi connectivity index (χ2v) is 5.18. The summed E-state index contributed by atoms with van der Waals surface area (Å²) in [4.78, 5) is 0. The Morgan fingerprint density at radius 3 is 2.60 bits per heavy atom. The highest BCUT2D eigenvalue weighted by molar-refractivity contribution is 6.30. The zero-order chi connectivity index (χ0) is 15.2. The molecule has 0 heterocycles. The molecule has 0 aliphatic carbocycles. The number of nitrogens with one attached hydrogen (secondary N) is 1. The van der Waals surface area contributed by atoms with Crippen LogP contribution in [-0.4, -0.2) is 18.8 Å². The standard InChI is InChI=1S/C14H18ClF4N/c1-2-7-20-12(5-6-14(17,18)19)9-10-8-11(15)3-4-13(10)16/h3-4,8,12,20H,2,5-7,9H2,1H3. The van der Waals surface area contributed by atoms with Gasteiger partial charge in [0, 0.05) is 17.5 Å². The normalized spacial score (nSPS) is 13.5. The van der Waals surface area contributed by atoms with E-state index in [1.54, 1.807) is 0 Å². The first-order valence-corrected chi connectivity index (χ1v) is 6.93. The van der Waals surface area contributed by atoms with E-state index < -0.39 is 24.5 Å². The molecule has 0 fully saturated rings. The second-order valence-electron chi connectivity index (χ2n) is 4.74. The Hall–Kier alpha value is -0.810. The average Bonchev–Trinajstić information content (AvgIpc) is 2.36. The second kappa shape index (κ2) is 7.84. The van der Waals surface area contributed by atoms with E-state index in [4.69, 9.17) is 11.6 Å². The van der Waals surface area contributed by atoms with Gasteiger partial charge in [-0.05, 0) is 49.6 Å². The van der Waals surface area contributed by atoms with Gasteiger partial charge in [-0.1, -0.05) is 18.5 Å². The summed E-state index contributed by atoms with van der Waals surface area (Å²) >= 11 is 5.79. The molecule has 0 bridgehead atoms. The zero-order valence-electron chi connectivity index (χ0n) is 11.2. The summed E-state index contributed by atoms with van der Waals surface area (Å²) in [5.74, 6) is -0.440. The van der Waals surface area contributed by atoms with Gasteiger partial charge in [0.15, 0.2) is 0 Å². The monoisotopic (exact) mass is 311 g/mol. The van der Waals surface area contributed by atoms with E-state index in [1.165, 1.54) is 18.2 Å². The van der Waals surface area contributed by atoms with Gasteiger partial charge in [0.25, 0.3) is 0 Å². The lowest BCUT2D eigenvalue weighted by Gasteiger charge is -2.20. The lowest BCUT2D eigenvalue weighted by atomic mass is 10.0. The van der Waals surface area contributed by atoms with Gasteiger partial charge in [-0.25, -0.2) is 4.39 Å². The van der Waals surface area contributed by atoms with Gasteiger partial charge in [0.05, 0.1) is 0 Å². The Labute approximate surface area is 121 Å². The SMILES string of the molecule is CCCNC(CCC(F)(F)F)Cc1cc(Cl)ccc1F. The van der Waals surface area contributed by atoms with Gasteiger partial charge >= 0.3 is 6.18 Å². The molecule has 1 aromatic carbocycles. The highest BCUT2D eigenvalue weighted by Gasteiger charge is 2.28. The number of hydrogen-bond donors (Lipinski definition) is 1. The van der Waals surface area contributed by atoms with Crippen molar-refractivity contribution in [3.8, 4) is 0 Å². The van der Waals surface area contributed by atoms with Crippen LogP contribution in [0, 0.1) is 5.82 Å². The van der Waals surface area contributed by atoms with Crippen molar-refractivity contribution >= 4 is 11.6 Å². The van der Waals surface area contributed by atoms with E-state index in [-0.39, 0.29) is 12.8 Å². The molecule has 1 nitrogen and oxygen atoms in total. The van der Waals surface area contributed by atoms with Crippen LogP contribution in [0.3, 0.4) is 0 Å². The number of benzene rings is 1. The molecule has 0 aliphatic rings. The molecule has 1 rings (SSSR count). The fourth-order valence-electron chi connectivity index (χ4n) is 1.93. The highest BCUT2D eigenvalue weighted by atomic mass is 35.5. The van der Waals surface area contributed by atoms with Crippen LogP contribution in [0.5, 0.6) is 0 Å². The Morgan fingerprint density at radius 1 is 1.30 bits per heavy atom. The lowest BCUT2D eigenvalue weighted by molar-refractivity contribution is -0.136. The molecule has 0 aromatic heterocycles. The summed E-state index contributed by atoms with van der Waals surface area (Å²) in [7, 11) is 0. The van der Waals surface area contributed by atoms with E-state index >= 15 is 0 Å². The van der Waals surface area contributed by atoms with Crippen molar-refractivity contribution in [2.24, 2.45) is 0 Å². The van der Waals surface area contributed by atoms with Gasteiger partial charge < -0.3 is 5.32 Å². The van der Waals surface area contributed by atoms with E-state index in [2.05, 4.69) is 5.32 Å². The molecule has 0 saturated heterocycles. The Bertz CT molecular complexity index is 420. The molecule has 1 unspecified atom stereocenters. The molecule has 114 valence electrons. The van der Waals surface area contributed by atoms with Crippen LogP contribution in [-0.2, 0) is 6.42 Å². The van der Waals surface area contributed by atoms with Gasteiger partial charge in [-0.15, -0.1) is 0 Å². The van der Waals surface area contributed by atoms with Gasteiger partial charge in [0.2, 0.25) is 0 Å². The van der Waals surface area contributed by atoms with Crippen LogP contribution in [0.15, 0.2) is 18.2 Å². The number of rotatable bonds is 7.